The first-order valence-electron chi connectivity index (χ1n) is 7.99. The number of rotatable bonds is 2. The van der Waals surface area contributed by atoms with Gasteiger partial charge < -0.3 is 14.8 Å². The van der Waals surface area contributed by atoms with Crippen LogP contribution >= 0.6 is 11.6 Å². The number of likely N-dealkylation sites (N-methyl/N-ethyl adjacent to an activating group) is 1. The maximum atomic E-state index is 13.6. The Balaban J connectivity index is 1.60. The molecule has 1 aromatic heterocycles. The summed E-state index contributed by atoms with van der Waals surface area (Å²) in [5, 5.41) is 0.0889. The van der Waals surface area contributed by atoms with E-state index in [4.69, 9.17) is 11.6 Å². The molecule has 0 radical (unpaired) electrons. The fourth-order valence-electron chi connectivity index (χ4n) is 3.04. The minimum absolute atomic E-state index is 0.0889. The number of hydrogen-bond acceptors (Lipinski definition) is 3. The largest absolute Gasteiger partial charge is 0.369 e. The molecule has 1 N–H and O–H groups in total. The standard InChI is InChI=1S/C18H18ClFN4/c1-23-6-8-24(9-7-23)13-4-2-12(3-5-13)18-21-16-10-14(19)15(20)11-17(16)22-18/h2-5,10-11H,6-9H2,1H3,(H,21,22). The van der Waals surface area contributed by atoms with Crippen molar-refractivity contribution in [3.05, 3.63) is 47.2 Å². The molecule has 2 heterocycles. The molecule has 0 aliphatic carbocycles. The van der Waals surface area contributed by atoms with Gasteiger partial charge in [0, 0.05) is 43.5 Å². The number of nitrogens with zero attached hydrogens (tertiary/aromatic N) is 3. The lowest BCUT2D eigenvalue weighted by molar-refractivity contribution is 0.313. The highest BCUT2D eigenvalue weighted by Gasteiger charge is 2.14. The second-order valence-corrected chi connectivity index (χ2v) is 6.61. The maximum Gasteiger partial charge on any atom is 0.144 e. The van der Waals surface area contributed by atoms with E-state index in [2.05, 4.69) is 38.9 Å². The number of anilines is 1. The van der Waals surface area contributed by atoms with Gasteiger partial charge in [-0.3, -0.25) is 0 Å². The van der Waals surface area contributed by atoms with Crippen LogP contribution in [0.2, 0.25) is 5.02 Å². The van der Waals surface area contributed by atoms with Gasteiger partial charge in [0.1, 0.15) is 11.6 Å². The summed E-state index contributed by atoms with van der Waals surface area (Å²) < 4.78 is 13.6. The molecule has 0 amide bonds. The molecule has 3 aromatic rings. The lowest BCUT2D eigenvalue weighted by Gasteiger charge is -2.34. The smallest absolute Gasteiger partial charge is 0.144 e. The van der Waals surface area contributed by atoms with E-state index < -0.39 is 5.82 Å². The molecule has 1 fully saturated rings. The summed E-state index contributed by atoms with van der Waals surface area (Å²) in [5.41, 5.74) is 3.51. The van der Waals surface area contributed by atoms with E-state index in [1.165, 1.54) is 11.8 Å². The van der Waals surface area contributed by atoms with Crippen LogP contribution < -0.4 is 4.90 Å². The minimum atomic E-state index is -0.440. The highest BCUT2D eigenvalue weighted by molar-refractivity contribution is 6.31. The molecule has 24 heavy (non-hydrogen) atoms. The van der Waals surface area contributed by atoms with Crippen molar-refractivity contribution in [2.75, 3.05) is 38.1 Å². The zero-order valence-electron chi connectivity index (χ0n) is 13.4. The molecule has 0 atom stereocenters. The van der Waals surface area contributed by atoms with Crippen molar-refractivity contribution < 1.29 is 4.39 Å². The summed E-state index contributed by atoms with van der Waals surface area (Å²) in [6, 6.07) is 11.2. The molecule has 1 aliphatic heterocycles. The van der Waals surface area contributed by atoms with E-state index in [1.807, 2.05) is 12.1 Å². The number of aromatic amines is 1. The SMILES string of the molecule is CN1CCN(c2ccc(-c3nc4cc(Cl)c(F)cc4[nH]3)cc2)CC1. The lowest BCUT2D eigenvalue weighted by Crippen LogP contribution is -2.44. The predicted molar refractivity (Wildman–Crippen MR) is 96.2 cm³/mol. The molecule has 1 saturated heterocycles. The van der Waals surface area contributed by atoms with Gasteiger partial charge in [0.15, 0.2) is 0 Å². The van der Waals surface area contributed by atoms with E-state index in [9.17, 15) is 4.39 Å². The van der Waals surface area contributed by atoms with Gasteiger partial charge in [-0.05, 0) is 37.4 Å². The molecule has 0 saturated carbocycles. The van der Waals surface area contributed by atoms with Crippen LogP contribution in [-0.4, -0.2) is 48.1 Å². The van der Waals surface area contributed by atoms with Crippen LogP contribution in [0.3, 0.4) is 0 Å². The molecular formula is C18H18ClFN4. The molecule has 2 aromatic carbocycles. The highest BCUT2D eigenvalue weighted by Crippen LogP contribution is 2.26. The summed E-state index contributed by atoms with van der Waals surface area (Å²) in [6.07, 6.45) is 0. The predicted octanol–water partition coefficient (Wildman–Crippen LogP) is 3.77. The number of fused-ring (bicyclic) bond motifs is 1. The molecule has 6 heteroatoms. The quantitative estimate of drug-likeness (QED) is 0.768. The van der Waals surface area contributed by atoms with Gasteiger partial charge in [0.2, 0.25) is 0 Å². The summed E-state index contributed by atoms with van der Waals surface area (Å²) in [6.45, 7) is 4.24. The minimum Gasteiger partial charge on any atom is -0.369 e. The van der Waals surface area contributed by atoms with Gasteiger partial charge in [-0.15, -0.1) is 0 Å². The molecule has 1 aliphatic rings. The van der Waals surface area contributed by atoms with Gasteiger partial charge in [-0.1, -0.05) is 11.6 Å². The molecular weight excluding hydrogens is 327 g/mol. The average molecular weight is 345 g/mol. The Morgan fingerprint density at radius 3 is 2.50 bits per heavy atom. The van der Waals surface area contributed by atoms with Gasteiger partial charge >= 0.3 is 0 Å². The summed E-state index contributed by atoms with van der Waals surface area (Å²) >= 11 is 5.82. The zero-order valence-corrected chi connectivity index (χ0v) is 14.1. The number of hydrogen-bond donors (Lipinski definition) is 1. The second-order valence-electron chi connectivity index (χ2n) is 6.21. The fraction of sp³-hybridized carbons (Fsp3) is 0.278. The van der Waals surface area contributed by atoms with E-state index in [-0.39, 0.29) is 5.02 Å². The molecule has 124 valence electrons. The monoisotopic (exact) mass is 344 g/mol. The second kappa shape index (κ2) is 6.07. The maximum absolute atomic E-state index is 13.6. The Morgan fingerprint density at radius 1 is 1.08 bits per heavy atom. The third-order valence-corrected chi connectivity index (χ3v) is 4.82. The van der Waals surface area contributed by atoms with Crippen molar-refractivity contribution in [3.63, 3.8) is 0 Å². The molecule has 0 bridgehead atoms. The molecule has 0 spiro atoms. The lowest BCUT2D eigenvalue weighted by atomic mass is 10.1. The molecule has 0 unspecified atom stereocenters. The third kappa shape index (κ3) is 2.85. The fourth-order valence-corrected chi connectivity index (χ4v) is 3.19. The van der Waals surface area contributed by atoms with Gasteiger partial charge in [-0.2, -0.15) is 0 Å². The van der Waals surface area contributed by atoms with E-state index in [0.29, 0.717) is 11.0 Å². The number of aromatic nitrogens is 2. The van der Waals surface area contributed by atoms with Crippen molar-refractivity contribution in [2.24, 2.45) is 0 Å². The van der Waals surface area contributed by atoms with Crippen LogP contribution in [0.15, 0.2) is 36.4 Å². The normalized spacial score (nSPS) is 16.0. The number of piperazine rings is 1. The van der Waals surface area contributed by atoms with Gasteiger partial charge in [0.25, 0.3) is 0 Å². The van der Waals surface area contributed by atoms with Crippen molar-refractivity contribution in [2.45, 2.75) is 0 Å². The van der Waals surface area contributed by atoms with Crippen LogP contribution in [0, 0.1) is 5.82 Å². The summed E-state index contributed by atoms with van der Waals surface area (Å²) in [4.78, 5) is 12.4. The first-order chi connectivity index (χ1) is 11.6. The summed E-state index contributed by atoms with van der Waals surface area (Å²) in [5.74, 6) is 0.279. The average Bonchev–Trinajstić information content (AvgIpc) is 2.99. The van der Waals surface area contributed by atoms with Crippen molar-refractivity contribution in [1.29, 1.82) is 0 Å². The first-order valence-corrected chi connectivity index (χ1v) is 8.36. The van der Waals surface area contributed by atoms with Crippen molar-refractivity contribution in [1.82, 2.24) is 14.9 Å². The van der Waals surface area contributed by atoms with Crippen molar-refractivity contribution in [3.8, 4) is 11.4 Å². The molecule has 4 nitrogen and oxygen atoms in total. The van der Waals surface area contributed by atoms with Gasteiger partial charge in [0.05, 0.1) is 16.1 Å². The first kappa shape index (κ1) is 15.4. The Labute approximate surface area is 144 Å². The van der Waals surface area contributed by atoms with Crippen LogP contribution in [0.4, 0.5) is 10.1 Å². The van der Waals surface area contributed by atoms with Crippen LogP contribution in [0.5, 0.6) is 0 Å². The zero-order chi connectivity index (χ0) is 16.7. The number of halogens is 2. The van der Waals surface area contributed by atoms with E-state index in [0.717, 1.165) is 37.6 Å². The van der Waals surface area contributed by atoms with Crippen LogP contribution in [0.1, 0.15) is 0 Å². The van der Waals surface area contributed by atoms with E-state index in [1.54, 1.807) is 6.07 Å². The Morgan fingerprint density at radius 2 is 1.79 bits per heavy atom. The summed E-state index contributed by atoms with van der Waals surface area (Å²) in [7, 11) is 2.15. The topological polar surface area (TPSA) is 35.2 Å². The number of H-pyrrole nitrogens is 1. The highest BCUT2D eigenvalue weighted by atomic mass is 35.5. The Kier molecular flexibility index (Phi) is 3.90. The number of imidazole rings is 1. The molecule has 4 rings (SSSR count). The van der Waals surface area contributed by atoms with Crippen molar-refractivity contribution >= 4 is 28.3 Å². The van der Waals surface area contributed by atoms with E-state index >= 15 is 0 Å². The van der Waals surface area contributed by atoms with Crippen LogP contribution in [-0.2, 0) is 0 Å². The number of benzene rings is 2. The Bertz CT molecular complexity index is 828. The number of nitrogens with one attached hydrogen (secondary N) is 1. The Hall–Kier alpha value is -2.11. The van der Waals surface area contributed by atoms with Gasteiger partial charge in [-0.25, -0.2) is 9.37 Å². The van der Waals surface area contributed by atoms with Crippen LogP contribution in [0.25, 0.3) is 22.4 Å². The third-order valence-electron chi connectivity index (χ3n) is 4.53.